The summed E-state index contributed by atoms with van der Waals surface area (Å²) in [5.41, 5.74) is -1.51. The molecular weight excluding hydrogens is 589 g/mol. The third-order valence-corrected chi connectivity index (χ3v) is 10.1. The van der Waals surface area contributed by atoms with Gasteiger partial charge in [-0.25, -0.2) is 12.8 Å². The second-order valence-corrected chi connectivity index (χ2v) is 13.6. The molecule has 4 rings (SSSR count). The van der Waals surface area contributed by atoms with Crippen LogP contribution >= 0.6 is 0 Å². The molecule has 2 aromatic rings. The van der Waals surface area contributed by atoms with Crippen LogP contribution in [-0.2, 0) is 27.0 Å². The van der Waals surface area contributed by atoms with Crippen molar-refractivity contribution >= 4 is 15.7 Å². The number of carbonyl (C=O) groups excluding carboxylic acids is 1. The number of halogens is 7. The van der Waals surface area contributed by atoms with E-state index in [-0.39, 0.29) is 47.7 Å². The fourth-order valence-corrected chi connectivity index (χ4v) is 7.43. The minimum absolute atomic E-state index is 0.0317. The first-order valence-electron chi connectivity index (χ1n) is 13.7. The summed E-state index contributed by atoms with van der Waals surface area (Å²) in [6.07, 6.45) is -8.26. The molecule has 0 spiro atoms. The Morgan fingerprint density at radius 2 is 1.57 bits per heavy atom. The van der Waals surface area contributed by atoms with Gasteiger partial charge in [0.2, 0.25) is 5.91 Å². The number of benzene rings is 2. The lowest BCUT2D eigenvalue weighted by Gasteiger charge is -2.45. The quantitative estimate of drug-likeness (QED) is 0.378. The van der Waals surface area contributed by atoms with E-state index in [9.17, 15) is 43.9 Å². The molecule has 2 aromatic carbocycles. The normalized spacial score (nSPS) is 23.0. The van der Waals surface area contributed by atoms with Crippen LogP contribution in [0.5, 0.6) is 0 Å². The zero-order chi connectivity index (χ0) is 31.0. The van der Waals surface area contributed by atoms with Crippen molar-refractivity contribution in [2.45, 2.75) is 69.9 Å². The largest absolute Gasteiger partial charge is 0.416 e. The number of hydrogen-bond donors (Lipinski definition) is 1. The Balaban J connectivity index is 1.50. The number of piperidine rings is 1. The number of nitrogens with zero attached hydrogens (tertiary/aromatic N) is 1. The van der Waals surface area contributed by atoms with E-state index in [2.05, 4.69) is 10.2 Å². The molecule has 2 fully saturated rings. The highest BCUT2D eigenvalue weighted by atomic mass is 32.2. The van der Waals surface area contributed by atoms with E-state index in [1.807, 2.05) is 0 Å². The molecule has 13 heteroatoms. The molecule has 232 valence electrons. The lowest BCUT2D eigenvalue weighted by molar-refractivity contribution is -0.143. The fraction of sp³-hybridized carbons (Fsp3) is 0.552. The van der Waals surface area contributed by atoms with E-state index in [1.165, 1.54) is 19.1 Å². The smallest absolute Gasteiger partial charge is 0.355 e. The standard InChI is InChI=1S/C29H33F7N2O3S/c1-17-11-23(30)3-4-25(17)26-14-19(5-8-38(26)24-6-9-42(40,41)10-7-24)27(39)37-16-18(2)20-12-21(28(31,32)33)15-22(13-20)29(34,35)36/h3-4,11-13,15,18-19,24,26H,5-10,14,16H2,1-2H3,(H,37,39)/t18-,19+,26?/m1/s1. The Kier molecular flexibility index (Phi) is 9.32. The summed E-state index contributed by atoms with van der Waals surface area (Å²) in [6.45, 7) is 3.51. The Hall–Kier alpha value is -2.67. The average molecular weight is 623 g/mol. The van der Waals surface area contributed by atoms with Crippen LogP contribution in [0.15, 0.2) is 36.4 Å². The number of nitrogens with one attached hydrogen (secondary N) is 1. The van der Waals surface area contributed by atoms with Crippen LogP contribution in [0.2, 0.25) is 0 Å². The van der Waals surface area contributed by atoms with Crippen molar-refractivity contribution in [2.24, 2.45) is 5.92 Å². The lowest BCUT2D eigenvalue weighted by Crippen LogP contribution is -2.49. The summed E-state index contributed by atoms with van der Waals surface area (Å²) in [5.74, 6) is -2.00. The first kappa shape index (κ1) is 32.2. The molecule has 1 N–H and O–H groups in total. The monoisotopic (exact) mass is 622 g/mol. The van der Waals surface area contributed by atoms with Gasteiger partial charge in [0, 0.05) is 24.5 Å². The molecule has 1 unspecified atom stereocenters. The topological polar surface area (TPSA) is 66.5 Å². The van der Waals surface area contributed by atoms with E-state index in [0.29, 0.717) is 49.9 Å². The van der Waals surface area contributed by atoms with Crippen LogP contribution < -0.4 is 5.32 Å². The van der Waals surface area contributed by atoms with Crippen LogP contribution in [0.3, 0.4) is 0 Å². The van der Waals surface area contributed by atoms with Crippen molar-refractivity contribution in [3.63, 3.8) is 0 Å². The third-order valence-electron chi connectivity index (χ3n) is 8.36. The first-order chi connectivity index (χ1) is 19.4. The molecule has 0 aromatic heterocycles. The van der Waals surface area contributed by atoms with Crippen LogP contribution in [0.25, 0.3) is 0 Å². The Morgan fingerprint density at radius 1 is 0.976 bits per heavy atom. The maximum Gasteiger partial charge on any atom is 0.416 e. The molecule has 0 saturated carbocycles. The van der Waals surface area contributed by atoms with E-state index in [4.69, 9.17) is 0 Å². The predicted octanol–water partition coefficient (Wildman–Crippen LogP) is 6.42. The van der Waals surface area contributed by atoms with Crippen molar-refractivity contribution in [2.75, 3.05) is 24.6 Å². The van der Waals surface area contributed by atoms with Crippen molar-refractivity contribution < 1.29 is 43.9 Å². The van der Waals surface area contributed by atoms with Gasteiger partial charge in [0.25, 0.3) is 0 Å². The minimum Gasteiger partial charge on any atom is -0.355 e. The number of amides is 1. The Labute approximate surface area is 240 Å². The van der Waals surface area contributed by atoms with E-state index in [0.717, 1.165) is 5.56 Å². The first-order valence-corrected chi connectivity index (χ1v) is 15.6. The second-order valence-electron chi connectivity index (χ2n) is 11.3. The maximum atomic E-state index is 13.9. The predicted molar refractivity (Wildman–Crippen MR) is 143 cm³/mol. The van der Waals surface area contributed by atoms with Gasteiger partial charge < -0.3 is 5.32 Å². The zero-order valence-corrected chi connectivity index (χ0v) is 24.0. The molecule has 0 radical (unpaired) electrons. The van der Waals surface area contributed by atoms with Crippen LogP contribution in [-0.4, -0.2) is 49.9 Å². The molecule has 2 heterocycles. The van der Waals surface area contributed by atoms with Gasteiger partial charge in [-0.2, -0.15) is 26.3 Å². The zero-order valence-electron chi connectivity index (χ0n) is 23.2. The van der Waals surface area contributed by atoms with Crippen LogP contribution in [0.1, 0.15) is 72.4 Å². The number of rotatable bonds is 6. The summed E-state index contributed by atoms with van der Waals surface area (Å²) in [6, 6.07) is 5.48. The number of hydrogen-bond acceptors (Lipinski definition) is 4. The molecular formula is C29H33F7N2O3S. The highest BCUT2D eigenvalue weighted by molar-refractivity contribution is 7.91. The van der Waals surface area contributed by atoms with Crippen LogP contribution in [0, 0.1) is 18.7 Å². The highest BCUT2D eigenvalue weighted by Gasteiger charge is 2.40. The van der Waals surface area contributed by atoms with E-state index >= 15 is 0 Å². The molecule has 2 aliphatic rings. The summed E-state index contributed by atoms with van der Waals surface area (Å²) >= 11 is 0. The van der Waals surface area contributed by atoms with E-state index < -0.39 is 51.0 Å². The van der Waals surface area contributed by atoms with Gasteiger partial charge in [0.05, 0.1) is 22.6 Å². The Bertz CT molecular complexity index is 1360. The number of aryl methyl sites for hydroxylation is 1. The van der Waals surface area contributed by atoms with Gasteiger partial charge in [-0.15, -0.1) is 0 Å². The van der Waals surface area contributed by atoms with Crippen molar-refractivity contribution in [3.05, 3.63) is 70.0 Å². The van der Waals surface area contributed by atoms with Gasteiger partial charge >= 0.3 is 12.4 Å². The fourth-order valence-electron chi connectivity index (χ4n) is 5.97. The molecule has 3 atom stereocenters. The Morgan fingerprint density at radius 3 is 2.12 bits per heavy atom. The SMILES string of the molecule is Cc1cc(F)ccc1C1C[C@@H](C(=O)NC[C@@H](C)c2cc(C(F)(F)F)cc(C(F)(F)F)c2)CCN1C1CCS(=O)(=O)CC1. The maximum absolute atomic E-state index is 13.9. The molecule has 5 nitrogen and oxygen atoms in total. The van der Waals surface area contributed by atoms with Gasteiger partial charge in [0.15, 0.2) is 0 Å². The second kappa shape index (κ2) is 12.1. The average Bonchev–Trinajstić information content (AvgIpc) is 2.90. The molecule has 1 amide bonds. The van der Waals surface area contributed by atoms with Crippen molar-refractivity contribution in [1.82, 2.24) is 10.2 Å². The number of alkyl halides is 6. The van der Waals surface area contributed by atoms with Crippen molar-refractivity contribution in [3.8, 4) is 0 Å². The van der Waals surface area contributed by atoms with Gasteiger partial charge in [-0.3, -0.25) is 9.69 Å². The van der Waals surface area contributed by atoms with Crippen molar-refractivity contribution in [1.29, 1.82) is 0 Å². The summed E-state index contributed by atoms with van der Waals surface area (Å²) in [4.78, 5) is 15.4. The minimum atomic E-state index is -4.97. The molecule has 2 saturated heterocycles. The summed E-state index contributed by atoms with van der Waals surface area (Å²) < 4.78 is 118. The van der Waals surface area contributed by atoms with Gasteiger partial charge in [-0.1, -0.05) is 13.0 Å². The van der Waals surface area contributed by atoms with Crippen LogP contribution in [0.4, 0.5) is 30.7 Å². The number of likely N-dealkylation sites (tertiary alicyclic amines) is 1. The van der Waals surface area contributed by atoms with Gasteiger partial charge in [-0.05, 0) is 92.1 Å². The van der Waals surface area contributed by atoms with Gasteiger partial charge in [0.1, 0.15) is 15.7 Å². The molecule has 2 aliphatic heterocycles. The number of carbonyl (C=O) groups is 1. The van der Waals surface area contributed by atoms with E-state index in [1.54, 1.807) is 13.0 Å². The number of sulfone groups is 1. The third kappa shape index (κ3) is 7.64. The highest BCUT2D eigenvalue weighted by Crippen LogP contribution is 2.40. The summed E-state index contributed by atoms with van der Waals surface area (Å²) in [7, 11) is -3.10. The molecule has 0 bridgehead atoms. The lowest BCUT2D eigenvalue weighted by atomic mass is 9.83. The molecule has 0 aliphatic carbocycles. The molecule has 42 heavy (non-hydrogen) atoms. The summed E-state index contributed by atoms with van der Waals surface area (Å²) in [5, 5.41) is 2.71.